The minimum Gasteiger partial charge on any atom is -0.463 e. The molecular formula is C41H39Cl4NO15S. The molecule has 3 heterocycles. The summed E-state index contributed by atoms with van der Waals surface area (Å²) in [5, 5.41) is 11.4. The molecule has 3 aromatic carbocycles. The van der Waals surface area contributed by atoms with Crippen LogP contribution < -0.4 is 0 Å². The number of imide groups is 1. The van der Waals surface area contributed by atoms with Crippen LogP contribution in [0.2, 0.25) is 20.1 Å². The normalized spacial score (nSPS) is 27.0. The zero-order chi connectivity index (χ0) is 45.0. The van der Waals surface area contributed by atoms with E-state index < -0.39 is 103 Å². The van der Waals surface area contributed by atoms with Crippen LogP contribution in [0.5, 0.6) is 0 Å². The van der Waals surface area contributed by atoms with Crippen molar-refractivity contribution in [3.63, 3.8) is 0 Å². The Hall–Kier alpha value is -4.01. The van der Waals surface area contributed by atoms with Gasteiger partial charge < -0.3 is 43.0 Å². The lowest BCUT2D eigenvalue weighted by atomic mass is 9.95. The van der Waals surface area contributed by atoms with Crippen LogP contribution in [-0.4, -0.2) is 119 Å². The average Bonchev–Trinajstić information content (AvgIpc) is 3.48. The molecule has 0 radical (unpaired) electrons. The molecule has 2 fully saturated rings. The number of hydrogen-bond acceptors (Lipinski definition) is 16. The molecule has 3 aliphatic rings. The molecule has 0 unspecified atom stereocenters. The number of aliphatic hydroxyl groups excluding tert-OH is 1. The van der Waals surface area contributed by atoms with Gasteiger partial charge in [0, 0.05) is 32.6 Å². The topological polar surface area (TPSA) is 200 Å². The average molecular weight is 960 g/mol. The number of aliphatic hydroxyl groups is 1. The highest BCUT2D eigenvalue weighted by atomic mass is 35.5. The van der Waals surface area contributed by atoms with Crippen molar-refractivity contribution in [1.82, 2.24) is 4.90 Å². The first-order valence-corrected chi connectivity index (χ1v) is 21.2. The molecule has 0 saturated carbocycles. The monoisotopic (exact) mass is 957 g/mol. The van der Waals surface area contributed by atoms with Gasteiger partial charge >= 0.3 is 23.9 Å². The van der Waals surface area contributed by atoms with E-state index in [4.69, 9.17) is 84.3 Å². The van der Waals surface area contributed by atoms with Gasteiger partial charge in [-0.2, -0.15) is 0 Å². The fraction of sp³-hybridized carbons (Fsp3) is 0.415. The lowest BCUT2D eigenvalue weighted by Gasteiger charge is -2.49. The van der Waals surface area contributed by atoms with Gasteiger partial charge in [0.2, 0.25) is 0 Å². The molecule has 0 spiro atoms. The molecule has 10 atom stereocenters. The Labute approximate surface area is 379 Å². The molecule has 2 amide bonds. The molecule has 0 aliphatic carbocycles. The summed E-state index contributed by atoms with van der Waals surface area (Å²) in [6, 6.07) is 16.2. The highest BCUT2D eigenvalue weighted by molar-refractivity contribution is 7.99. The van der Waals surface area contributed by atoms with Crippen molar-refractivity contribution < 1.29 is 71.8 Å². The molecule has 62 heavy (non-hydrogen) atoms. The van der Waals surface area contributed by atoms with Gasteiger partial charge in [-0.25, -0.2) is 0 Å². The van der Waals surface area contributed by atoms with Gasteiger partial charge in [-0.05, 0) is 17.7 Å². The van der Waals surface area contributed by atoms with Crippen LogP contribution >= 0.6 is 58.2 Å². The SMILES string of the molecule is CC(=O)OC[C@H]1O[C@@H](O[C@H]2[C@H](O)[C@@H](N3C(=O)c4c(Cl)c(Cl)c(Cl)c(Cl)c4C3=O)[C@H](Sc3ccccc3)O[C@@H]2COCc2ccccc2)[C@H](OC(C)=O)[C@@H](OC(C)=O)[C@H]1OC(C)=O. The van der Waals surface area contributed by atoms with E-state index >= 15 is 0 Å². The van der Waals surface area contributed by atoms with Crippen molar-refractivity contribution in [3.05, 3.63) is 97.4 Å². The molecule has 2 saturated heterocycles. The fourth-order valence-corrected chi connectivity index (χ4v) is 9.39. The van der Waals surface area contributed by atoms with E-state index in [1.54, 1.807) is 30.3 Å². The third kappa shape index (κ3) is 10.5. The number of benzene rings is 3. The minimum atomic E-state index is -1.90. The van der Waals surface area contributed by atoms with E-state index in [1.165, 1.54) is 0 Å². The Morgan fingerprint density at radius 1 is 0.661 bits per heavy atom. The minimum absolute atomic E-state index is 0.0689. The maximum Gasteiger partial charge on any atom is 0.303 e. The first-order chi connectivity index (χ1) is 29.5. The highest BCUT2D eigenvalue weighted by Crippen LogP contribution is 2.48. The Bertz CT molecular complexity index is 2140. The summed E-state index contributed by atoms with van der Waals surface area (Å²) in [6.07, 6.45) is -12.9. The first-order valence-electron chi connectivity index (χ1n) is 18.8. The van der Waals surface area contributed by atoms with Crippen LogP contribution in [0.1, 0.15) is 54.0 Å². The molecule has 332 valence electrons. The molecule has 16 nitrogen and oxygen atoms in total. The molecule has 0 aromatic heterocycles. The second kappa shape index (κ2) is 20.7. The third-order valence-corrected chi connectivity index (χ3v) is 12.7. The quantitative estimate of drug-likeness (QED) is 0.0665. The largest absolute Gasteiger partial charge is 0.463 e. The number of hydrogen-bond donors (Lipinski definition) is 1. The summed E-state index contributed by atoms with van der Waals surface area (Å²) in [5.74, 6) is -5.41. The van der Waals surface area contributed by atoms with Crippen molar-refractivity contribution >= 4 is 93.9 Å². The van der Waals surface area contributed by atoms with Gasteiger partial charge in [0.15, 0.2) is 24.6 Å². The van der Waals surface area contributed by atoms with Gasteiger partial charge in [0.25, 0.3) is 11.8 Å². The Morgan fingerprint density at radius 2 is 1.18 bits per heavy atom. The summed E-state index contributed by atoms with van der Waals surface area (Å²) in [6.45, 7) is 3.49. The van der Waals surface area contributed by atoms with Crippen LogP contribution in [0, 0.1) is 0 Å². The number of rotatable bonds is 14. The van der Waals surface area contributed by atoms with Crippen molar-refractivity contribution in [2.24, 2.45) is 0 Å². The second-order valence-corrected chi connectivity index (χ2v) is 16.8. The van der Waals surface area contributed by atoms with Crippen LogP contribution in [-0.2, 0) is 63.7 Å². The molecule has 1 N–H and O–H groups in total. The van der Waals surface area contributed by atoms with Gasteiger partial charge in [-0.1, -0.05) is 107 Å². The van der Waals surface area contributed by atoms with Crippen LogP contribution in [0.4, 0.5) is 0 Å². The van der Waals surface area contributed by atoms with Gasteiger partial charge in [0.1, 0.15) is 42.5 Å². The van der Waals surface area contributed by atoms with E-state index in [-0.39, 0.29) is 44.4 Å². The molecule has 3 aliphatic heterocycles. The Morgan fingerprint density at radius 3 is 1.73 bits per heavy atom. The third-order valence-electron chi connectivity index (χ3n) is 9.70. The summed E-state index contributed by atoms with van der Waals surface area (Å²) in [7, 11) is 0. The van der Waals surface area contributed by atoms with E-state index in [1.807, 2.05) is 30.3 Å². The summed E-state index contributed by atoms with van der Waals surface area (Å²) < 4.78 is 47.4. The number of thioether (sulfide) groups is 1. The summed E-state index contributed by atoms with van der Waals surface area (Å²) in [5.41, 5.74) is -1.20. The number of halogens is 4. The molecular weight excluding hydrogens is 920 g/mol. The maximum atomic E-state index is 14.4. The Balaban J connectivity index is 1.46. The standard InChI is InChI=1S/C41H39Cl4NO15S/c1-18(47)55-17-25-35(56-19(2)48)36(57-20(3)49)37(58-21(4)50)40(59-25)61-34-24(16-54-15-22-11-7-5-8-12-22)60-41(62-23-13-9-6-10-14-23)32(33(34)51)46-38(52)26-27(39(46)53)29(43)31(45)30(44)28(26)42/h5-14,24-25,32-37,40-41,51H,15-17H2,1-4H3/t24-,25-,32-,33-,34-,35+,36+,37-,40+,41+/m1/s1. The highest BCUT2D eigenvalue weighted by Gasteiger charge is 2.59. The maximum absolute atomic E-state index is 14.4. The number of nitrogens with zero attached hydrogens (tertiary/aromatic N) is 1. The number of ether oxygens (including phenoxy) is 8. The lowest BCUT2D eigenvalue weighted by Crippen LogP contribution is -2.68. The zero-order valence-electron chi connectivity index (χ0n) is 33.2. The smallest absolute Gasteiger partial charge is 0.303 e. The number of carbonyl (C=O) groups is 6. The van der Waals surface area contributed by atoms with Crippen molar-refractivity contribution in [2.45, 2.75) is 99.7 Å². The van der Waals surface area contributed by atoms with E-state index in [2.05, 4.69) is 0 Å². The number of fused-ring (bicyclic) bond motifs is 1. The van der Waals surface area contributed by atoms with Crippen molar-refractivity contribution in [3.8, 4) is 0 Å². The van der Waals surface area contributed by atoms with Crippen molar-refractivity contribution in [1.29, 1.82) is 0 Å². The van der Waals surface area contributed by atoms with Gasteiger partial charge in [-0.3, -0.25) is 33.7 Å². The second-order valence-electron chi connectivity index (χ2n) is 14.1. The molecule has 3 aromatic rings. The van der Waals surface area contributed by atoms with E-state index in [9.17, 15) is 33.9 Å². The number of amides is 2. The molecule has 6 rings (SSSR count). The van der Waals surface area contributed by atoms with Crippen molar-refractivity contribution in [2.75, 3.05) is 13.2 Å². The summed E-state index contributed by atoms with van der Waals surface area (Å²) >= 11 is 26.7. The first kappa shape index (κ1) is 47.5. The zero-order valence-corrected chi connectivity index (χ0v) is 37.0. The van der Waals surface area contributed by atoms with Crippen LogP contribution in [0.25, 0.3) is 0 Å². The predicted octanol–water partition coefficient (Wildman–Crippen LogP) is 5.83. The van der Waals surface area contributed by atoms with E-state index in [0.29, 0.717) is 4.90 Å². The lowest BCUT2D eigenvalue weighted by molar-refractivity contribution is -0.338. The fourth-order valence-electron chi connectivity index (χ4n) is 7.17. The molecule has 0 bridgehead atoms. The number of carbonyl (C=O) groups excluding carboxylic acids is 6. The molecule has 21 heteroatoms. The number of esters is 4. The van der Waals surface area contributed by atoms with Gasteiger partial charge in [-0.15, -0.1) is 0 Å². The Kier molecular flexibility index (Phi) is 15.8. The van der Waals surface area contributed by atoms with Crippen LogP contribution in [0.3, 0.4) is 0 Å². The van der Waals surface area contributed by atoms with Crippen LogP contribution in [0.15, 0.2) is 65.6 Å². The van der Waals surface area contributed by atoms with E-state index in [0.717, 1.165) is 49.9 Å². The summed E-state index contributed by atoms with van der Waals surface area (Å²) in [4.78, 5) is 79.7. The van der Waals surface area contributed by atoms with Gasteiger partial charge in [0.05, 0.1) is 44.4 Å². The predicted molar refractivity (Wildman–Crippen MR) is 221 cm³/mol.